The molecule has 7 heteroatoms. The fourth-order valence-corrected chi connectivity index (χ4v) is 2.89. The standard InChI is InChI=1S/C21H25N3O4/c1-16-4-2-5-17(12-16)14-22-21(26)23-18-6-3-7-19(13-18)28-15-20(25)24-8-10-27-11-9-24/h2-7,12-13H,8-11,14-15H2,1H3,(H2,22,23,26). The summed E-state index contributed by atoms with van der Waals surface area (Å²) in [5, 5.41) is 5.60. The molecule has 0 aliphatic carbocycles. The van der Waals surface area contributed by atoms with Gasteiger partial charge >= 0.3 is 6.03 Å². The van der Waals surface area contributed by atoms with Crippen molar-refractivity contribution >= 4 is 17.6 Å². The maximum Gasteiger partial charge on any atom is 0.319 e. The normalized spacial score (nSPS) is 13.7. The Bertz CT molecular complexity index is 819. The maximum atomic E-state index is 12.1. The van der Waals surface area contributed by atoms with Gasteiger partial charge in [-0.15, -0.1) is 0 Å². The molecule has 2 N–H and O–H groups in total. The van der Waals surface area contributed by atoms with E-state index < -0.39 is 0 Å². The zero-order valence-electron chi connectivity index (χ0n) is 15.9. The van der Waals surface area contributed by atoms with Gasteiger partial charge in [0.05, 0.1) is 13.2 Å². The van der Waals surface area contributed by atoms with Gasteiger partial charge in [0, 0.05) is 31.4 Å². The number of amides is 3. The van der Waals surface area contributed by atoms with E-state index in [0.29, 0.717) is 44.3 Å². The molecule has 1 saturated heterocycles. The highest BCUT2D eigenvalue weighted by Crippen LogP contribution is 2.17. The predicted molar refractivity (Wildman–Crippen MR) is 106 cm³/mol. The summed E-state index contributed by atoms with van der Waals surface area (Å²) in [7, 11) is 0. The summed E-state index contributed by atoms with van der Waals surface area (Å²) in [6.07, 6.45) is 0. The van der Waals surface area contributed by atoms with Crippen LogP contribution in [0.3, 0.4) is 0 Å². The Hall–Kier alpha value is -3.06. The van der Waals surface area contributed by atoms with Crippen LogP contribution in [0.4, 0.5) is 10.5 Å². The average Bonchev–Trinajstić information content (AvgIpc) is 2.71. The first-order valence-corrected chi connectivity index (χ1v) is 9.29. The van der Waals surface area contributed by atoms with Crippen molar-refractivity contribution in [1.29, 1.82) is 0 Å². The SMILES string of the molecule is Cc1cccc(CNC(=O)Nc2cccc(OCC(=O)N3CCOCC3)c2)c1. The molecule has 0 spiro atoms. The van der Waals surface area contributed by atoms with Crippen LogP contribution < -0.4 is 15.4 Å². The minimum atomic E-state index is -0.303. The van der Waals surface area contributed by atoms with Gasteiger partial charge in [-0.3, -0.25) is 4.79 Å². The number of benzene rings is 2. The third-order valence-electron chi connectivity index (χ3n) is 4.35. The zero-order valence-corrected chi connectivity index (χ0v) is 15.9. The summed E-state index contributed by atoms with van der Waals surface area (Å²) in [6.45, 7) is 4.71. The van der Waals surface area contributed by atoms with Crippen molar-refractivity contribution in [2.45, 2.75) is 13.5 Å². The number of nitrogens with one attached hydrogen (secondary N) is 2. The zero-order chi connectivity index (χ0) is 19.8. The van der Waals surface area contributed by atoms with Gasteiger partial charge in [-0.25, -0.2) is 4.79 Å². The molecule has 0 saturated carbocycles. The van der Waals surface area contributed by atoms with Gasteiger partial charge in [-0.1, -0.05) is 35.9 Å². The smallest absolute Gasteiger partial charge is 0.319 e. The highest BCUT2D eigenvalue weighted by Gasteiger charge is 2.17. The second kappa shape index (κ2) is 9.75. The van der Waals surface area contributed by atoms with E-state index in [1.54, 1.807) is 29.2 Å². The van der Waals surface area contributed by atoms with Crippen LogP contribution in [0.25, 0.3) is 0 Å². The lowest BCUT2D eigenvalue weighted by atomic mass is 10.1. The fourth-order valence-electron chi connectivity index (χ4n) is 2.89. The molecule has 0 unspecified atom stereocenters. The van der Waals surface area contributed by atoms with E-state index in [2.05, 4.69) is 10.6 Å². The maximum absolute atomic E-state index is 12.1. The summed E-state index contributed by atoms with van der Waals surface area (Å²) >= 11 is 0. The molecule has 1 aliphatic rings. The highest BCUT2D eigenvalue weighted by molar-refractivity contribution is 5.89. The molecule has 2 aromatic rings. The molecule has 0 atom stereocenters. The van der Waals surface area contributed by atoms with Crippen LogP contribution in [0.5, 0.6) is 5.75 Å². The molecular weight excluding hydrogens is 358 g/mol. The van der Waals surface area contributed by atoms with Crippen LogP contribution in [0.1, 0.15) is 11.1 Å². The lowest BCUT2D eigenvalue weighted by molar-refractivity contribution is -0.137. The van der Waals surface area contributed by atoms with Gasteiger partial charge in [-0.05, 0) is 24.6 Å². The molecule has 28 heavy (non-hydrogen) atoms. The van der Waals surface area contributed by atoms with Crippen molar-refractivity contribution in [3.05, 3.63) is 59.7 Å². The molecule has 7 nitrogen and oxygen atoms in total. The van der Waals surface area contributed by atoms with E-state index in [4.69, 9.17) is 9.47 Å². The number of rotatable bonds is 6. The molecule has 3 rings (SSSR count). The number of carbonyl (C=O) groups excluding carboxylic acids is 2. The predicted octanol–water partition coefficient (Wildman–Crippen LogP) is 2.55. The molecule has 0 radical (unpaired) electrons. The Morgan fingerprint density at radius 2 is 1.89 bits per heavy atom. The fraction of sp³-hybridized carbons (Fsp3) is 0.333. The first kappa shape index (κ1) is 19.7. The third-order valence-corrected chi connectivity index (χ3v) is 4.35. The first-order valence-electron chi connectivity index (χ1n) is 9.29. The Balaban J connectivity index is 1.47. The first-order chi connectivity index (χ1) is 13.6. The number of hydrogen-bond acceptors (Lipinski definition) is 4. The molecule has 0 aromatic heterocycles. The summed E-state index contributed by atoms with van der Waals surface area (Å²) in [5.74, 6) is 0.454. The Labute approximate surface area is 164 Å². The van der Waals surface area contributed by atoms with E-state index in [1.807, 2.05) is 31.2 Å². The van der Waals surface area contributed by atoms with E-state index >= 15 is 0 Å². The minimum absolute atomic E-state index is 0.0387. The van der Waals surface area contributed by atoms with Crippen LogP contribution in [-0.4, -0.2) is 49.7 Å². The molecule has 2 aromatic carbocycles. The molecule has 0 bridgehead atoms. The molecule has 1 fully saturated rings. The second-order valence-electron chi connectivity index (χ2n) is 6.61. The van der Waals surface area contributed by atoms with E-state index in [1.165, 1.54) is 0 Å². The monoisotopic (exact) mass is 383 g/mol. The van der Waals surface area contributed by atoms with Gasteiger partial charge in [0.1, 0.15) is 5.75 Å². The van der Waals surface area contributed by atoms with E-state index in [-0.39, 0.29) is 18.5 Å². The van der Waals surface area contributed by atoms with Crippen LogP contribution in [0.2, 0.25) is 0 Å². The average molecular weight is 383 g/mol. The molecule has 1 aliphatic heterocycles. The van der Waals surface area contributed by atoms with Crippen LogP contribution >= 0.6 is 0 Å². The number of morpholine rings is 1. The van der Waals surface area contributed by atoms with Crippen molar-refractivity contribution < 1.29 is 19.1 Å². The third kappa shape index (κ3) is 5.99. The number of carbonyl (C=O) groups is 2. The Morgan fingerprint density at radius 3 is 2.68 bits per heavy atom. The lowest BCUT2D eigenvalue weighted by Crippen LogP contribution is -2.42. The van der Waals surface area contributed by atoms with Crippen molar-refractivity contribution in [3.63, 3.8) is 0 Å². The minimum Gasteiger partial charge on any atom is -0.484 e. The molecular formula is C21H25N3O4. The summed E-state index contributed by atoms with van der Waals surface area (Å²) in [6, 6.07) is 14.6. The largest absolute Gasteiger partial charge is 0.484 e. The van der Waals surface area contributed by atoms with Gasteiger partial charge in [-0.2, -0.15) is 0 Å². The van der Waals surface area contributed by atoms with Gasteiger partial charge in [0.2, 0.25) is 0 Å². The van der Waals surface area contributed by atoms with Gasteiger partial charge in [0.15, 0.2) is 6.61 Å². The van der Waals surface area contributed by atoms with E-state index in [9.17, 15) is 9.59 Å². The highest BCUT2D eigenvalue weighted by atomic mass is 16.5. The number of ether oxygens (including phenoxy) is 2. The van der Waals surface area contributed by atoms with Crippen LogP contribution in [-0.2, 0) is 16.1 Å². The number of urea groups is 1. The summed E-state index contributed by atoms with van der Waals surface area (Å²) in [5.41, 5.74) is 2.78. The lowest BCUT2D eigenvalue weighted by Gasteiger charge is -2.26. The van der Waals surface area contributed by atoms with Gasteiger partial charge < -0.3 is 25.0 Å². The summed E-state index contributed by atoms with van der Waals surface area (Å²) < 4.78 is 10.8. The van der Waals surface area contributed by atoms with Crippen molar-refractivity contribution in [2.75, 3.05) is 38.2 Å². The van der Waals surface area contributed by atoms with Crippen molar-refractivity contribution in [1.82, 2.24) is 10.2 Å². The number of anilines is 1. The van der Waals surface area contributed by atoms with Crippen LogP contribution in [0, 0.1) is 6.92 Å². The van der Waals surface area contributed by atoms with Crippen molar-refractivity contribution in [2.24, 2.45) is 0 Å². The number of hydrogen-bond donors (Lipinski definition) is 2. The molecule has 148 valence electrons. The van der Waals surface area contributed by atoms with E-state index in [0.717, 1.165) is 11.1 Å². The van der Waals surface area contributed by atoms with Crippen molar-refractivity contribution in [3.8, 4) is 5.75 Å². The molecule has 3 amide bonds. The number of aryl methyl sites for hydroxylation is 1. The van der Waals surface area contributed by atoms with Crippen LogP contribution in [0.15, 0.2) is 48.5 Å². The second-order valence-corrected chi connectivity index (χ2v) is 6.61. The number of nitrogens with zero attached hydrogens (tertiary/aromatic N) is 1. The summed E-state index contributed by atoms with van der Waals surface area (Å²) in [4.78, 5) is 26.0. The Morgan fingerprint density at radius 1 is 1.11 bits per heavy atom. The Kier molecular flexibility index (Phi) is 6.86. The molecule has 1 heterocycles. The van der Waals surface area contributed by atoms with Gasteiger partial charge in [0.25, 0.3) is 5.91 Å². The quantitative estimate of drug-likeness (QED) is 0.803. The topological polar surface area (TPSA) is 79.9 Å².